The summed E-state index contributed by atoms with van der Waals surface area (Å²) in [6.45, 7) is 2.57. The number of hydrogen-bond acceptors (Lipinski definition) is 4. The maximum absolute atomic E-state index is 11.4. The minimum absolute atomic E-state index is 0.0581. The lowest BCUT2D eigenvalue weighted by atomic mass is 9.89. The van der Waals surface area contributed by atoms with E-state index in [9.17, 15) is 20.1 Å². The first kappa shape index (κ1) is 24.3. The van der Waals surface area contributed by atoms with E-state index in [1.165, 1.54) is 5.56 Å². The number of unbranched alkanes of at least 4 members (excludes halogenated alkanes) is 1. The molecule has 0 radical (unpaired) electrons. The Kier molecular flexibility index (Phi) is 10.8. The van der Waals surface area contributed by atoms with Crippen molar-refractivity contribution in [1.82, 2.24) is 5.32 Å². The Bertz CT molecular complexity index is 673. The van der Waals surface area contributed by atoms with Crippen LogP contribution in [0, 0.1) is 11.8 Å². The summed E-state index contributed by atoms with van der Waals surface area (Å²) in [6, 6.07) is 10.1. The normalized spacial score (nSPS) is 25.2. The van der Waals surface area contributed by atoms with Gasteiger partial charge in [0.15, 0.2) is 0 Å². The van der Waals surface area contributed by atoms with Gasteiger partial charge in [0.25, 0.3) is 0 Å². The van der Waals surface area contributed by atoms with E-state index in [0.29, 0.717) is 32.2 Å². The number of allylic oxidation sites excluding steroid dienone is 2. The smallest absolute Gasteiger partial charge is 0.219 e. The number of aryl methyl sites for hydroxylation is 1. The maximum Gasteiger partial charge on any atom is 0.219 e. The summed E-state index contributed by atoms with van der Waals surface area (Å²) in [5.74, 6) is -0.139. The van der Waals surface area contributed by atoms with E-state index in [2.05, 4.69) is 5.32 Å². The van der Waals surface area contributed by atoms with Gasteiger partial charge in [0, 0.05) is 25.3 Å². The first-order chi connectivity index (χ1) is 14.5. The van der Waals surface area contributed by atoms with Crippen molar-refractivity contribution in [3.05, 3.63) is 60.2 Å². The zero-order valence-corrected chi connectivity index (χ0v) is 18.0. The van der Waals surface area contributed by atoms with Crippen molar-refractivity contribution in [3.8, 4) is 0 Å². The van der Waals surface area contributed by atoms with E-state index in [4.69, 9.17) is 0 Å². The second-order valence-corrected chi connectivity index (χ2v) is 8.14. The quantitative estimate of drug-likeness (QED) is 0.312. The lowest BCUT2D eigenvalue weighted by molar-refractivity contribution is -0.121. The molecule has 30 heavy (non-hydrogen) atoms. The van der Waals surface area contributed by atoms with Gasteiger partial charge in [-0.05, 0) is 50.5 Å². The molecule has 1 aromatic carbocycles. The third-order valence-corrected chi connectivity index (χ3v) is 5.77. The van der Waals surface area contributed by atoms with E-state index in [1.54, 1.807) is 6.08 Å². The number of amides is 1. The van der Waals surface area contributed by atoms with Crippen molar-refractivity contribution in [2.24, 2.45) is 11.8 Å². The third-order valence-electron chi connectivity index (χ3n) is 5.77. The molecule has 0 bridgehead atoms. The lowest BCUT2D eigenvalue weighted by Crippen LogP contribution is -2.21. The molecule has 5 atom stereocenters. The summed E-state index contributed by atoms with van der Waals surface area (Å²) in [4.78, 5) is 11.4. The highest BCUT2D eigenvalue weighted by atomic mass is 16.3. The average molecular weight is 416 g/mol. The molecule has 0 saturated heterocycles. The van der Waals surface area contributed by atoms with Crippen molar-refractivity contribution in [2.45, 2.75) is 70.2 Å². The second kappa shape index (κ2) is 13.4. The van der Waals surface area contributed by atoms with Crippen LogP contribution in [0.5, 0.6) is 0 Å². The summed E-state index contributed by atoms with van der Waals surface area (Å²) in [7, 11) is 0. The second-order valence-electron chi connectivity index (χ2n) is 8.14. The Morgan fingerprint density at radius 2 is 1.97 bits per heavy atom. The molecule has 0 aliphatic heterocycles. The molecule has 1 fully saturated rings. The molecule has 5 nitrogen and oxygen atoms in total. The van der Waals surface area contributed by atoms with Crippen LogP contribution in [0.2, 0.25) is 0 Å². The van der Waals surface area contributed by atoms with E-state index in [0.717, 1.165) is 19.3 Å². The molecule has 2 rings (SSSR count). The maximum atomic E-state index is 11.4. The van der Waals surface area contributed by atoms with E-state index >= 15 is 0 Å². The van der Waals surface area contributed by atoms with E-state index in [-0.39, 0.29) is 17.7 Å². The Balaban J connectivity index is 1.78. The topological polar surface area (TPSA) is 89.8 Å². The fourth-order valence-corrected chi connectivity index (χ4v) is 4.06. The summed E-state index contributed by atoms with van der Waals surface area (Å²) in [6.07, 6.45) is 10.6. The predicted molar refractivity (Wildman–Crippen MR) is 120 cm³/mol. The number of rotatable bonds is 12. The fraction of sp³-hybridized carbons (Fsp3) is 0.560. The SMILES string of the molecule is CCNC(=O)CCC/C=C\CC1C(O)CC(O)[C@@H]1/C=C/[C@H](O)CCc1ccccc1. The van der Waals surface area contributed by atoms with E-state index < -0.39 is 18.3 Å². The summed E-state index contributed by atoms with van der Waals surface area (Å²) in [5, 5.41) is 33.8. The van der Waals surface area contributed by atoms with Gasteiger partial charge in [0.1, 0.15) is 0 Å². The average Bonchev–Trinajstić information content (AvgIpc) is 3.00. The minimum Gasteiger partial charge on any atom is -0.393 e. The molecule has 1 aromatic rings. The fourth-order valence-electron chi connectivity index (χ4n) is 4.06. The van der Waals surface area contributed by atoms with Gasteiger partial charge in [-0.3, -0.25) is 4.79 Å². The van der Waals surface area contributed by atoms with Crippen LogP contribution in [0.15, 0.2) is 54.6 Å². The van der Waals surface area contributed by atoms with Crippen LogP contribution < -0.4 is 5.32 Å². The van der Waals surface area contributed by atoms with Crippen LogP contribution >= 0.6 is 0 Å². The standard InChI is InChI=1S/C25H37NO4/c1-2-26-25(30)13-9-4-3-8-12-21-22(24(29)18-23(21)28)17-16-20(27)15-14-19-10-6-5-7-11-19/h3,5-8,10-11,16-17,20-24,27-29H,2,4,9,12-15,18H2,1H3,(H,26,30)/b8-3-,17-16+/t20-,21?,22-,23?,24?/m1/s1. The molecule has 1 aliphatic carbocycles. The van der Waals surface area contributed by atoms with Gasteiger partial charge in [-0.2, -0.15) is 0 Å². The van der Waals surface area contributed by atoms with Crippen LogP contribution in [0.1, 0.15) is 51.0 Å². The molecular weight excluding hydrogens is 378 g/mol. The van der Waals surface area contributed by atoms with Crippen LogP contribution in [-0.2, 0) is 11.2 Å². The van der Waals surface area contributed by atoms with Crippen molar-refractivity contribution < 1.29 is 20.1 Å². The minimum atomic E-state index is -0.589. The summed E-state index contributed by atoms with van der Waals surface area (Å²) >= 11 is 0. The highest BCUT2D eigenvalue weighted by Crippen LogP contribution is 2.36. The predicted octanol–water partition coefficient (Wildman–Crippen LogP) is 3.15. The molecule has 1 amide bonds. The molecule has 3 unspecified atom stereocenters. The third kappa shape index (κ3) is 8.42. The van der Waals surface area contributed by atoms with Gasteiger partial charge in [0.05, 0.1) is 18.3 Å². The van der Waals surface area contributed by atoms with Crippen molar-refractivity contribution in [2.75, 3.05) is 6.54 Å². The van der Waals surface area contributed by atoms with Crippen LogP contribution in [0.25, 0.3) is 0 Å². The first-order valence-electron chi connectivity index (χ1n) is 11.2. The van der Waals surface area contributed by atoms with Crippen LogP contribution in [0.4, 0.5) is 0 Å². The van der Waals surface area contributed by atoms with Gasteiger partial charge in [0.2, 0.25) is 5.91 Å². The number of carbonyl (C=O) groups is 1. The van der Waals surface area contributed by atoms with Gasteiger partial charge in [-0.1, -0.05) is 54.6 Å². The number of aliphatic hydroxyl groups excluding tert-OH is 3. The molecule has 166 valence electrons. The van der Waals surface area contributed by atoms with E-state index in [1.807, 2.05) is 55.5 Å². The Morgan fingerprint density at radius 1 is 1.20 bits per heavy atom. The summed E-state index contributed by atoms with van der Waals surface area (Å²) < 4.78 is 0. The van der Waals surface area contributed by atoms with Crippen molar-refractivity contribution >= 4 is 5.91 Å². The molecule has 5 heteroatoms. The summed E-state index contributed by atoms with van der Waals surface area (Å²) in [5.41, 5.74) is 1.19. The highest BCUT2D eigenvalue weighted by Gasteiger charge is 2.39. The van der Waals surface area contributed by atoms with Gasteiger partial charge < -0.3 is 20.6 Å². The Morgan fingerprint density at radius 3 is 2.70 bits per heavy atom. The molecular formula is C25H37NO4. The van der Waals surface area contributed by atoms with Crippen LogP contribution in [0.3, 0.4) is 0 Å². The zero-order valence-electron chi connectivity index (χ0n) is 18.0. The zero-order chi connectivity index (χ0) is 21.8. The molecule has 0 heterocycles. The molecule has 4 N–H and O–H groups in total. The number of aliphatic hydroxyl groups is 3. The van der Waals surface area contributed by atoms with Gasteiger partial charge in [-0.15, -0.1) is 0 Å². The highest BCUT2D eigenvalue weighted by molar-refractivity contribution is 5.75. The molecule has 1 aliphatic rings. The number of carbonyl (C=O) groups excluding carboxylic acids is 1. The number of nitrogens with one attached hydrogen (secondary N) is 1. The lowest BCUT2D eigenvalue weighted by Gasteiger charge is -2.19. The number of benzene rings is 1. The molecule has 0 aromatic heterocycles. The van der Waals surface area contributed by atoms with Crippen molar-refractivity contribution in [3.63, 3.8) is 0 Å². The van der Waals surface area contributed by atoms with Gasteiger partial charge in [-0.25, -0.2) is 0 Å². The Hall–Kier alpha value is -1.95. The molecule has 0 spiro atoms. The van der Waals surface area contributed by atoms with Crippen LogP contribution in [-0.4, -0.2) is 46.1 Å². The monoisotopic (exact) mass is 415 g/mol. The number of hydrogen-bond donors (Lipinski definition) is 4. The van der Waals surface area contributed by atoms with Gasteiger partial charge >= 0.3 is 0 Å². The molecule has 1 saturated carbocycles. The largest absolute Gasteiger partial charge is 0.393 e. The van der Waals surface area contributed by atoms with Crippen molar-refractivity contribution in [1.29, 1.82) is 0 Å². The Labute approximate surface area is 180 Å². The first-order valence-corrected chi connectivity index (χ1v) is 11.2.